The van der Waals surface area contributed by atoms with E-state index in [9.17, 15) is 0 Å². The summed E-state index contributed by atoms with van der Waals surface area (Å²) in [4.78, 5) is 4.35. The van der Waals surface area contributed by atoms with Crippen molar-refractivity contribution in [3.8, 4) is 11.1 Å². The van der Waals surface area contributed by atoms with Crippen LogP contribution in [-0.2, 0) is 0 Å². The van der Waals surface area contributed by atoms with Gasteiger partial charge < -0.3 is 13.3 Å². The summed E-state index contributed by atoms with van der Waals surface area (Å²) in [7, 11) is -2.88. The predicted molar refractivity (Wildman–Crippen MR) is 215 cm³/mol. The zero-order chi connectivity index (χ0) is 34.2. The summed E-state index contributed by atoms with van der Waals surface area (Å²) in [5, 5.41) is 11.8. The highest BCUT2D eigenvalue weighted by Crippen LogP contribution is 2.36. The number of hydrogen-bond donors (Lipinski definition) is 0. The normalized spacial score (nSPS) is 12.2. The van der Waals surface area contributed by atoms with E-state index in [2.05, 4.69) is 151 Å². The van der Waals surface area contributed by atoms with E-state index in [1.807, 2.05) is 24.4 Å². The lowest BCUT2D eigenvalue weighted by Gasteiger charge is -2.34. The predicted octanol–water partition coefficient (Wildman–Crippen LogP) is 9.82. The monoisotopic (exact) mass is 683 g/mol. The van der Waals surface area contributed by atoms with Gasteiger partial charge in [-0.15, -0.1) is 0 Å². The molecule has 0 radical (unpaired) electrons. The quantitative estimate of drug-likeness (QED) is 0.134. The van der Waals surface area contributed by atoms with E-state index in [1.165, 1.54) is 20.7 Å². The van der Waals surface area contributed by atoms with Gasteiger partial charge in [0.1, 0.15) is 33.5 Å². The van der Waals surface area contributed by atoms with Gasteiger partial charge in [-0.25, -0.2) is 0 Å². The number of benzene rings is 7. The standard InChI is InChI=1S/C47H29NO3Si/c1-3-9-32(10-4-1)52(33-11-5-2-6-12-33,34-17-21-45-39(27-34)36-13-7-8-14-42(36)49-45)35-18-22-46-40(28-35)37-25-30(15-19-43(37)50-46)31-16-20-44-38(26-31)41-29-48-24-23-47(41)51-44/h1-29H. The zero-order valence-electron chi connectivity index (χ0n) is 27.9. The highest BCUT2D eigenvalue weighted by Gasteiger charge is 2.42. The fraction of sp³-hybridized carbons (Fsp3) is 0. The molecular formula is C47H29NO3Si. The van der Waals surface area contributed by atoms with Crippen LogP contribution in [0.3, 0.4) is 0 Å². The van der Waals surface area contributed by atoms with E-state index in [0.717, 1.165) is 76.9 Å². The van der Waals surface area contributed by atoms with Crippen LogP contribution in [0, 0.1) is 0 Å². The van der Waals surface area contributed by atoms with Crippen LogP contribution in [0.1, 0.15) is 0 Å². The van der Waals surface area contributed by atoms with Crippen molar-refractivity contribution >= 4 is 94.6 Å². The SMILES string of the molecule is c1ccc([Si](c2ccccc2)(c2ccc3oc4ccccc4c3c2)c2ccc3oc4ccc(-c5ccc6oc7ccncc7c6c5)cc4c3c2)cc1. The fourth-order valence-electron chi connectivity index (χ4n) is 8.33. The maximum absolute atomic E-state index is 6.52. The molecule has 7 aromatic carbocycles. The van der Waals surface area contributed by atoms with Crippen LogP contribution in [-0.4, -0.2) is 13.1 Å². The van der Waals surface area contributed by atoms with E-state index < -0.39 is 8.07 Å². The van der Waals surface area contributed by atoms with Crippen LogP contribution < -0.4 is 20.7 Å². The topological polar surface area (TPSA) is 52.3 Å². The molecule has 0 saturated carbocycles. The van der Waals surface area contributed by atoms with E-state index in [4.69, 9.17) is 13.3 Å². The molecule has 0 spiro atoms. The van der Waals surface area contributed by atoms with Crippen LogP contribution in [0.2, 0.25) is 0 Å². The highest BCUT2D eigenvalue weighted by atomic mass is 28.3. The van der Waals surface area contributed by atoms with Crippen molar-refractivity contribution in [2.75, 3.05) is 0 Å². The second kappa shape index (κ2) is 11.2. The molecule has 11 aromatic rings. The Morgan fingerprint density at radius 1 is 0.327 bits per heavy atom. The molecule has 4 nitrogen and oxygen atoms in total. The number of furan rings is 3. The third-order valence-electron chi connectivity index (χ3n) is 10.7. The summed E-state index contributed by atoms with van der Waals surface area (Å²) in [6.45, 7) is 0. The average Bonchev–Trinajstić information content (AvgIpc) is 3.89. The molecular weight excluding hydrogens is 655 g/mol. The summed E-state index contributed by atoms with van der Waals surface area (Å²) in [5.41, 5.74) is 7.48. The number of rotatable bonds is 5. The van der Waals surface area contributed by atoms with Crippen LogP contribution in [0.25, 0.3) is 76.9 Å². The maximum Gasteiger partial charge on any atom is 0.179 e. The number of hydrogen-bond acceptors (Lipinski definition) is 4. The Morgan fingerprint density at radius 2 is 0.769 bits per heavy atom. The van der Waals surface area contributed by atoms with Crippen LogP contribution in [0.5, 0.6) is 0 Å². The van der Waals surface area contributed by atoms with Crippen molar-refractivity contribution in [2.24, 2.45) is 0 Å². The van der Waals surface area contributed by atoms with Crippen molar-refractivity contribution in [2.45, 2.75) is 0 Å². The van der Waals surface area contributed by atoms with Gasteiger partial charge in [-0.3, -0.25) is 4.98 Å². The minimum atomic E-state index is -2.88. The lowest BCUT2D eigenvalue weighted by molar-refractivity contribution is 0.668. The van der Waals surface area contributed by atoms with Gasteiger partial charge in [0.25, 0.3) is 0 Å². The van der Waals surface area contributed by atoms with E-state index in [0.29, 0.717) is 0 Å². The molecule has 0 fully saturated rings. The molecule has 0 aliphatic carbocycles. The first-order chi connectivity index (χ1) is 25.7. The first-order valence-corrected chi connectivity index (χ1v) is 19.5. The van der Waals surface area contributed by atoms with E-state index >= 15 is 0 Å². The summed E-state index contributed by atoms with van der Waals surface area (Å²) in [6.07, 6.45) is 3.64. The molecule has 244 valence electrons. The average molecular weight is 684 g/mol. The zero-order valence-corrected chi connectivity index (χ0v) is 28.9. The Bertz CT molecular complexity index is 3100. The molecule has 0 atom stereocenters. The van der Waals surface area contributed by atoms with Crippen molar-refractivity contribution in [1.82, 2.24) is 4.98 Å². The molecule has 0 amide bonds. The molecule has 5 heteroatoms. The molecule has 4 heterocycles. The maximum atomic E-state index is 6.52. The van der Waals surface area contributed by atoms with Gasteiger partial charge in [-0.1, -0.05) is 115 Å². The lowest BCUT2D eigenvalue weighted by atomic mass is 10.0. The fourth-order valence-corrected chi connectivity index (χ4v) is 13.1. The Labute approximate surface area is 299 Å². The minimum absolute atomic E-state index is 0.843. The Hall–Kier alpha value is -6.69. The molecule has 0 unspecified atom stereocenters. The summed E-state index contributed by atoms with van der Waals surface area (Å²) in [6, 6.07) is 58.9. The van der Waals surface area contributed by atoms with Gasteiger partial charge in [-0.2, -0.15) is 0 Å². The molecule has 11 rings (SSSR count). The largest absolute Gasteiger partial charge is 0.456 e. The first kappa shape index (κ1) is 29.1. The Morgan fingerprint density at radius 3 is 1.37 bits per heavy atom. The molecule has 0 bridgehead atoms. The van der Waals surface area contributed by atoms with Gasteiger partial charge in [0, 0.05) is 44.7 Å². The van der Waals surface area contributed by atoms with Crippen LogP contribution >= 0.6 is 0 Å². The summed E-state index contributed by atoms with van der Waals surface area (Å²) in [5.74, 6) is 0. The van der Waals surface area contributed by atoms with Gasteiger partial charge >= 0.3 is 0 Å². The lowest BCUT2D eigenvalue weighted by Crippen LogP contribution is -2.74. The van der Waals surface area contributed by atoms with E-state index in [1.54, 1.807) is 6.20 Å². The number of nitrogens with zero attached hydrogens (tertiary/aromatic N) is 1. The van der Waals surface area contributed by atoms with Gasteiger partial charge in [0.15, 0.2) is 8.07 Å². The van der Waals surface area contributed by atoms with Crippen molar-refractivity contribution in [3.05, 3.63) is 176 Å². The van der Waals surface area contributed by atoms with Crippen molar-refractivity contribution < 1.29 is 13.3 Å². The summed E-state index contributed by atoms with van der Waals surface area (Å²) < 4.78 is 18.9. The number of para-hydroxylation sites is 1. The van der Waals surface area contributed by atoms with Crippen LogP contribution in [0.4, 0.5) is 0 Å². The molecule has 4 aromatic heterocycles. The second-order valence-corrected chi connectivity index (χ2v) is 17.3. The molecule has 0 aliphatic rings. The molecule has 0 aliphatic heterocycles. The summed E-state index contributed by atoms with van der Waals surface area (Å²) >= 11 is 0. The highest BCUT2D eigenvalue weighted by molar-refractivity contribution is 7.20. The van der Waals surface area contributed by atoms with E-state index in [-0.39, 0.29) is 0 Å². The number of fused-ring (bicyclic) bond motifs is 9. The number of aromatic nitrogens is 1. The molecule has 0 N–H and O–H groups in total. The number of pyridine rings is 1. The minimum Gasteiger partial charge on any atom is -0.456 e. The van der Waals surface area contributed by atoms with Crippen molar-refractivity contribution in [3.63, 3.8) is 0 Å². The van der Waals surface area contributed by atoms with Gasteiger partial charge in [0.2, 0.25) is 0 Å². The smallest absolute Gasteiger partial charge is 0.179 e. The van der Waals surface area contributed by atoms with Gasteiger partial charge in [-0.05, 0) is 80.4 Å². The third-order valence-corrected chi connectivity index (χ3v) is 15.5. The third kappa shape index (κ3) is 4.23. The first-order valence-electron chi connectivity index (χ1n) is 17.5. The molecule has 52 heavy (non-hydrogen) atoms. The molecule has 0 saturated heterocycles. The second-order valence-electron chi connectivity index (χ2n) is 13.5. The van der Waals surface area contributed by atoms with Gasteiger partial charge in [0.05, 0.1) is 0 Å². The Kier molecular flexibility index (Phi) is 6.24. The van der Waals surface area contributed by atoms with Crippen molar-refractivity contribution in [1.29, 1.82) is 0 Å². The van der Waals surface area contributed by atoms with Crippen LogP contribution in [0.15, 0.2) is 189 Å². The Balaban J connectivity index is 1.17.